The molecule has 0 saturated carbocycles. The van der Waals surface area contributed by atoms with Crippen molar-refractivity contribution in [1.82, 2.24) is 4.90 Å². The molecular formula is C18H37NO2. The van der Waals surface area contributed by atoms with Gasteiger partial charge < -0.3 is 9.64 Å². The van der Waals surface area contributed by atoms with E-state index in [-0.39, 0.29) is 0 Å². The smallest absolute Gasteiger partial charge is 0.222 e. The van der Waals surface area contributed by atoms with E-state index in [1.807, 2.05) is 18.7 Å². The molecule has 21 heavy (non-hydrogen) atoms. The zero-order valence-corrected chi connectivity index (χ0v) is 14.8. The summed E-state index contributed by atoms with van der Waals surface area (Å²) in [5.74, 6) is 0.350. The average Bonchev–Trinajstić information content (AvgIpc) is 2.55. The summed E-state index contributed by atoms with van der Waals surface area (Å²) in [6.45, 7) is 8.01. The highest BCUT2D eigenvalue weighted by Gasteiger charge is 2.21. The van der Waals surface area contributed by atoms with Gasteiger partial charge in [0.05, 0.1) is 6.10 Å². The van der Waals surface area contributed by atoms with Crippen LogP contribution in [0.3, 0.4) is 0 Å². The Morgan fingerprint density at radius 2 is 1.52 bits per heavy atom. The lowest BCUT2D eigenvalue weighted by Gasteiger charge is -2.31. The van der Waals surface area contributed by atoms with Crippen molar-refractivity contribution in [2.75, 3.05) is 20.2 Å². The maximum Gasteiger partial charge on any atom is 0.222 e. The van der Waals surface area contributed by atoms with Gasteiger partial charge in [-0.3, -0.25) is 4.79 Å². The number of piperidine rings is 1. The van der Waals surface area contributed by atoms with Crippen molar-refractivity contribution in [3.63, 3.8) is 0 Å². The Balaban J connectivity index is 0.00000191. The van der Waals surface area contributed by atoms with Crippen LogP contribution in [0.1, 0.15) is 85.0 Å². The summed E-state index contributed by atoms with van der Waals surface area (Å²) in [6.07, 6.45) is 12.0. The molecule has 0 aromatic rings. The van der Waals surface area contributed by atoms with Crippen LogP contribution >= 0.6 is 0 Å². The highest BCUT2D eigenvalue weighted by Crippen LogP contribution is 2.15. The van der Waals surface area contributed by atoms with Crippen LogP contribution in [0.4, 0.5) is 0 Å². The van der Waals surface area contributed by atoms with Crippen molar-refractivity contribution < 1.29 is 9.53 Å². The van der Waals surface area contributed by atoms with E-state index in [2.05, 4.69) is 6.92 Å². The highest BCUT2D eigenvalue weighted by molar-refractivity contribution is 5.76. The lowest BCUT2D eigenvalue weighted by molar-refractivity contribution is -0.133. The van der Waals surface area contributed by atoms with E-state index >= 15 is 0 Å². The molecule has 1 rings (SSSR count). The maximum absolute atomic E-state index is 12.0. The van der Waals surface area contributed by atoms with E-state index in [4.69, 9.17) is 4.74 Å². The van der Waals surface area contributed by atoms with Gasteiger partial charge in [-0.15, -0.1) is 0 Å². The predicted octanol–water partition coefficient (Wildman–Crippen LogP) is 4.79. The number of unbranched alkanes of at least 4 members (excludes halogenated alkanes) is 6. The summed E-state index contributed by atoms with van der Waals surface area (Å²) in [6, 6.07) is 0. The molecule has 0 spiro atoms. The fourth-order valence-electron chi connectivity index (χ4n) is 2.73. The quantitative estimate of drug-likeness (QED) is 0.573. The molecule has 0 aliphatic carbocycles. The standard InChI is InChI=1S/C16H31NO2.C2H6/c1-3-4-5-6-7-8-9-10-16(18)17-13-11-15(19-2)12-14-17;1-2/h15H,3-14H2,1-2H3;1-2H3. The van der Waals surface area contributed by atoms with Gasteiger partial charge in [0.25, 0.3) is 0 Å². The van der Waals surface area contributed by atoms with Crippen LogP contribution in [-0.2, 0) is 9.53 Å². The third-order valence-electron chi connectivity index (χ3n) is 4.12. The summed E-state index contributed by atoms with van der Waals surface area (Å²) in [4.78, 5) is 14.0. The molecule has 1 fully saturated rings. The first-order valence-electron chi connectivity index (χ1n) is 9.08. The van der Waals surface area contributed by atoms with Crippen LogP contribution in [0.15, 0.2) is 0 Å². The number of rotatable bonds is 9. The monoisotopic (exact) mass is 299 g/mol. The summed E-state index contributed by atoms with van der Waals surface area (Å²) in [7, 11) is 1.76. The molecule has 1 saturated heterocycles. The molecule has 3 heteroatoms. The van der Waals surface area contributed by atoms with Gasteiger partial charge in [-0.1, -0.05) is 59.3 Å². The minimum atomic E-state index is 0.350. The van der Waals surface area contributed by atoms with Gasteiger partial charge >= 0.3 is 0 Å². The fraction of sp³-hybridized carbons (Fsp3) is 0.944. The SMILES string of the molecule is CC.CCCCCCCCCC(=O)N1CCC(OC)CC1. The highest BCUT2D eigenvalue weighted by atomic mass is 16.5. The van der Waals surface area contributed by atoms with Crippen molar-refractivity contribution in [3.8, 4) is 0 Å². The second kappa shape index (κ2) is 14.4. The molecule has 0 N–H and O–H groups in total. The molecule has 0 bridgehead atoms. The lowest BCUT2D eigenvalue weighted by atomic mass is 10.1. The number of carbonyl (C=O) groups excluding carboxylic acids is 1. The molecule has 1 heterocycles. The molecule has 0 atom stereocenters. The van der Waals surface area contributed by atoms with Crippen LogP contribution in [0.5, 0.6) is 0 Å². The molecule has 0 unspecified atom stereocenters. The molecule has 1 aliphatic rings. The molecule has 0 aromatic carbocycles. The Morgan fingerprint density at radius 3 is 2.05 bits per heavy atom. The van der Waals surface area contributed by atoms with Crippen LogP contribution in [0.25, 0.3) is 0 Å². The molecule has 1 amide bonds. The first-order valence-corrected chi connectivity index (χ1v) is 9.08. The minimum Gasteiger partial charge on any atom is -0.381 e. The van der Waals surface area contributed by atoms with E-state index < -0.39 is 0 Å². The predicted molar refractivity (Wildman–Crippen MR) is 90.6 cm³/mol. The molecule has 3 nitrogen and oxygen atoms in total. The number of carbonyl (C=O) groups is 1. The zero-order valence-electron chi connectivity index (χ0n) is 14.8. The lowest BCUT2D eigenvalue weighted by Crippen LogP contribution is -2.40. The number of likely N-dealkylation sites (tertiary alicyclic amines) is 1. The summed E-state index contributed by atoms with van der Waals surface area (Å²) in [5.41, 5.74) is 0. The summed E-state index contributed by atoms with van der Waals surface area (Å²) < 4.78 is 5.33. The van der Waals surface area contributed by atoms with E-state index in [1.54, 1.807) is 7.11 Å². The number of nitrogens with zero attached hydrogens (tertiary/aromatic N) is 1. The Morgan fingerprint density at radius 1 is 1.00 bits per heavy atom. The van der Waals surface area contributed by atoms with Gasteiger partial charge in [-0.05, 0) is 19.3 Å². The van der Waals surface area contributed by atoms with E-state index in [1.165, 1.54) is 38.5 Å². The molecular weight excluding hydrogens is 262 g/mol. The molecule has 126 valence electrons. The van der Waals surface area contributed by atoms with Gasteiger partial charge in [0.1, 0.15) is 0 Å². The van der Waals surface area contributed by atoms with Crippen molar-refractivity contribution >= 4 is 5.91 Å². The molecule has 1 aliphatic heterocycles. The number of ether oxygens (including phenoxy) is 1. The third-order valence-corrected chi connectivity index (χ3v) is 4.12. The van der Waals surface area contributed by atoms with Crippen molar-refractivity contribution in [2.45, 2.75) is 91.1 Å². The van der Waals surface area contributed by atoms with Gasteiger partial charge in [-0.25, -0.2) is 0 Å². The Kier molecular flexibility index (Phi) is 14.0. The number of methoxy groups -OCH3 is 1. The fourth-order valence-corrected chi connectivity index (χ4v) is 2.73. The Labute approximate surface area is 132 Å². The van der Waals surface area contributed by atoms with Gasteiger partial charge in [0.2, 0.25) is 5.91 Å². The van der Waals surface area contributed by atoms with Gasteiger partial charge in [-0.2, -0.15) is 0 Å². The third kappa shape index (κ3) is 9.89. The first kappa shape index (κ1) is 20.4. The first-order chi connectivity index (χ1) is 10.3. The summed E-state index contributed by atoms with van der Waals surface area (Å²) in [5, 5.41) is 0. The number of amides is 1. The molecule has 0 radical (unpaired) electrons. The average molecular weight is 299 g/mol. The largest absolute Gasteiger partial charge is 0.381 e. The second-order valence-corrected chi connectivity index (χ2v) is 5.69. The van der Waals surface area contributed by atoms with Crippen molar-refractivity contribution in [2.24, 2.45) is 0 Å². The molecule has 0 aromatic heterocycles. The van der Waals surface area contributed by atoms with E-state index in [0.717, 1.165) is 38.8 Å². The van der Waals surface area contributed by atoms with Crippen LogP contribution < -0.4 is 0 Å². The van der Waals surface area contributed by atoms with Gasteiger partial charge in [0, 0.05) is 26.6 Å². The van der Waals surface area contributed by atoms with E-state index in [9.17, 15) is 4.79 Å². The van der Waals surface area contributed by atoms with Crippen LogP contribution in [-0.4, -0.2) is 37.1 Å². The second-order valence-electron chi connectivity index (χ2n) is 5.69. The van der Waals surface area contributed by atoms with Crippen molar-refractivity contribution in [3.05, 3.63) is 0 Å². The maximum atomic E-state index is 12.0. The summed E-state index contributed by atoms with van der Waals surface area (Å²) >= 11 is 0. The number of hydrogen-bond donors (Lipinski definition) is 0. The minimum absolute atomic E-state index is 0.350. The topological polar surface area (TPSA) is 29.5 Å². The number of hydrogen-bond acceptors (Lipinski definition) is 2. The Bertz CT molecular complexity index is 235. The van der Waals surface area contributed by atoms with Crippen LogP contribution in [0, 0.1) is 0 Å². The normalized spacial score (nSPS) is 15.5. The van der Waals surface area contributed by atoms with Gasteiger partial charge in [0.15, 0.2) is 0 Å². The zero-order chi connectivity index (χ0) is 15.9. The van der Waals surface area contributed by atoms with Crippen molar-refractivity contribution in [1.29, 1.82) is 0 Å². The van der Waals surface area contributed by atoms with E-state index in [0.29, 0.717) is 12.0 Å². The van der Waals surface area contributed by atoms with Crippen LogP contribution in [0.2, 0.25) is 0 Å². The Hall–Kier alpha value is -0.570.